The molecule has 0 aliphatic heterocycles. The van der Waals surface area contributed by atoms with E-state index in [2.05, 4.69) is 6.92 Å². The highest BCUT2D eigenvalue weighted by Gasteiger charge is 1.89. The fraction of sp³-hybridized carbons (Fsp3) is 1.00. The number of unbranched alkanes of at least 4 members (excludes halogenated alkanes) is 4. The largest absolute Gasteiger partial charge is 0.382 e. The van der Waals surface area contributed by atoms with E-state index in [1.54, 1.807) is 7.11 Å². The van der Waals surface area contributed by atoms with Crippen molar-refractivity contribution in [2.75, 3.05) is 26.9 Å². The van der Waals surface area contributed by atoms with Crippen LogP contribution in [0, 0.1) is 0 Å². The number of methoxy groups -OCH3 is 1. The lowest BCUT2D eigenvalue weighted by atomic mass is 10.2. The molecule has 0 N–H and O–H groups in total. The van der Waals surface area contributed by atoms with Crippen molar-refractivity contribution in [1.29, 1.82) is 0 Å². The van der Waals surface area contributed by atoms with Gasteiger partial charge in [0.15, 0.2) is 0 Å². The van der Waals surface area contributed by atoms with Crippen LogP contribution in [-0.4, -0.2) is 26.9 Å². The lowest BCUT2D eigenvalue weighted by Gasteiger charge is -2.02. The van der Waals surface area contributed by atoms with Crippen molar-refractivity contribution in [2.24, 2.45) is 0 Å². The van der Waals surface area contributed by atoms with Gasteiger partial charge in [0.05, 0.1) is 13.2 Å². The van der Waals surface area contributed by atoms with Crippen LogP contribution in [-0.2, 0) is 9.47 Å². The molecule has 0 aliphatic rings. The second kappa shape index (κ2) is 10.9. The van der Waals surface area contributed by atoms with E-state index >= 15 is 0 Å². The summed E-state index contributed by atoms with van der Waals surface area (Å²) in [6.07, 6.45) is 6.53. The first-order valence-corrected chi connectivity index (χ1v) is 4.98. The minimum absolute atomic E-state index is 0.717. The van der Waals surface area contributed by atoms with E-state index in [1.165, 1.54) is 32.1 Å². The van der Waals surface area contributed by atoms with Crippen LogP contribution < -0.4 is 0 Å². The molecule has 0 aromatic heterocycles. The fourth-order valence-corrected chi connectivity index (χ4v) is 1.05. The lowest BCUT2D eigenvalue weighted by Crippen LogP contribution is -2.02. The zero-order chi connectivity index (χ0) is 9.07. The van der Waals surface area contributed by atoms with Crippen LogP contribution in [0.5, 0.6) is 0 Å². The first kappa shape index (κ1) is 11.9. The van der Waals surface area contributed by atoms with Crippen LogP contribution in [0.3, 0.4) is 0 Å². The highest BCUT2D eigenvalue weighted by atomic mass is 16.5. The molecule has 0 heterocycles. The van der Waals surface area contributed by atoms with Crippen LogP contribution >= 0.6 is 0 Å². The molecule has 2 nitrogen and oxygen atoms in total. The molecule has 0 rings (SSSR count). The Morgan fingerprint density at radius 1 is 0.833 bits per heavy atom. The Kier molecular flexibility index (Phi) is 10.8. The number of ether oxygens (including phenoxy) is 2. The van der Waals surface area contributed by atoms with Crippen molar-refractivity contribution < 1.29 is 9.47 Å². The predicted molar refractivity (Wildman–Crippen MR) is 51.5 cm³/mol. The van der Waals surface area contributed by atoms with Crippen LogP contribution in [0.1, 0.15) is 39.0 Å². The van der Waals surface area contributed by atoms with Gasteiger partial charge in [-0.25, -0.2) is 0 Å². The average molecular weight is 174 g/mol. The molecule has 0 amide bonds. The molecule has 0 radical (unpaired) electrons. The molecular formula is C10H22O2. The van der Waals surface area contributed by atoms with Gasteiger partial charge in [0, 0.05) is 13.7 Å². The Morgan fingerprint density at radius 3 is 2.25 bits per heavy atom. The fourth-order valence-electron chi connectivity index (χ4n) is 1.05. The molecule has 0 unspecified atom stereocenters. The van der Waals surface area contributed by atoms with Crippen molar-refractivity contribution in [3.8, 4) is 0 Å². The lowest BCUT2D eigenvalue weighted by molar-refractivity contribution is 0.0686. The molecular weight excluding hydrogens is 152 g/mol. The van der Waals surface area contributed by atoms with Gasteiger partial charge in [0.25, 0.3) is 0 Å². The summed E-state index contributed by atoms with van der Waals surface area (Å²) in [5.41, 5.74) is 0. The zero-order valence-corrected chi connectivity index (χ0v) is 8.47. The van der Waals surface area contributed by atoms with E-state index in [9.17, 15) is 0 Å². The van der Waals surface area contributed by atoms with E-state index in [1.807, 2.05) is 0 Å². The van der Waals surface area contributed by atoms with E-state index in [0.717, 1.165) is 19.8 Å². The van der Waals surface area contributed by atoms with Gasteiger partial charge >= 0.3 is 0 Å². The summed E-state index contributed by atoms with van der Waals surface area (Å²) in [5.74, 6) is 0. The highest BCUT2D eigenvalue weighted by molar-refractivity contribution is 4.41. The molecule has 0 saturated heterocycles. The topological polar surface area (TPSA) is 18.5 Å². The van der Waals surface area contributed by atoms with E-state index in [-0.39, 0.29) is 0 Å². The van der Waals surface area contributed by atoms with Crippen molar-refractivity contribution >= 4 is 0 Å². The van der Waals surface area contributed by atoms with Gasteiger partial charge in [-0.1, -0.05) is 32.6 Å². The van der Waals surface area contributed by atoms with Gasteiger partial charge in [-0.3, -0.25) is 0 Å². The van der Waals surface area contributed by atoms with Gasteiger partial charge in [0.2, 0.25) is 0 Å². The van der Waals surface area contributed by atoms with Crippen LogP contribution in [0.25, 0.3) is 0 Å². The standard InChI is InChI=1S/C10H22O2/c1-3-4-5-6-7-8-12-10-9-11-2/h3-10H2,1-2H3. The predicted octanol–water partition coefficient (Wildman–Crippen LogP) is 2.62. The normalized spacial score (nSPS) is 10.5. The van der Waals surface area contributed by atoms with Gasteiger partial charge < -0.3 is 9.47 Å². The Bertz CT molecular complexity index is 64.2. The maximum absolute atomic E-state index is 5.33. The number of rotatable bonds is 9. The number of hydrogen-bond donors (Lipinski definition) is 0. The smallest absolute Gasteiger partial charge is 0.0700 e. The second-order valence-corrected chi connectivity index (χ2v) is 3.02. The van der Waals surface area contributed by atoms with Crippen molar-refractivity contribution in [2.45, 2.75) is 39.0 Å². The van der Waals surface area contributed by atoms with Crippen LogP contribution in [0.4, 0.5) is 0 Å². The minimum Gasteiger partial charge on any atom is -0.382 e. The third-order valence-corrected chi connectivity index (χ3v) is 1.82. The molecule has 0 bridgehead atoms. The summed E-state index contributed by atoms with van der Waals surface area (Å²) in [6, 6.07) is 0. The SMILES string of the molecule is CCCCCCCOCCOC. The van der Waals surface area contributed by atoms with Gasteiger partial charge in [-0.05, 0) is 6.42 Å². The van der Waals surface area contributed by atoms with E-state index in [4.69, 9.17) is 9.47 Å². The molecule has 0 saturated carbocycles. The first-order chi connectivity index (χ1) is 5.91. The molecule has 2 heteroatoms. The third-order valence-electron chi connectivity index (χ3n) is 1.82. The van der Waals surface area contributed by atoms with Crippen LogP contribution in [0.2, 0.25) is 0 Å². The maximum Gasteiger partial charge on any atom is 0.0700 e. The van der Waals surface area contributed by atoms with Crippen molar-refractivity contribution in [1.82, 2.24) is 0 Å². The Morgan fingerprint density at radius 2 is 1.58 bits per heavy atom. The molecule has 0 aromatic rings. The van der Waals surface area contributed by atoms with Gasteiger partial charge in [0.1, 0.15) is 0 Å². The second-order valence-electron chi connectivity index (χ2n) is 3.02. The monoisotopic (exact) mass is 174 g/mol. The molecule has 74 valence electrons. The van der Waals surface area contributed by atoms with Crippen molar-refractivity contribution in [3.63, 3.8) is 0 Å². The Labute approximate surface area is 76.3 Å². The van der Waals surface area contributed by atoms with E-state index in [0.29, 0.717) is 0 Å². The summed E-state index contributed by atoms with van der Waals surface area (Å²) in [5, 5.41) is 0. The number of hydrogen-bond acceptors (Lipinski definition) is 2. The summed E-state index contributed by atoms with van der Waals surface area (Å²) < 4.78 is 10.2. The average Bonchev–Trinajstić information content (AvgIpc) is 2.10. The van der Waals surface area contributed by atoms with Gasteiger partial charge in [-0.15, -0.1) is 0 Å². The summed E-state index contributed by atoms with van der Waals surface area (Å²) in [4.78, 5) is 0. The molecule has 0 spiro atoms. The van der Waals surface area contributed by atoms with Crippen LogP contribution in [0.15, 0.2) is 0 Å². The first-order valence-electron chi connectivity index (χ1n) is 4.98. The summed E-state index contributed by atoms with van der Waals surface area (Å²) in [6.45, 7) is 4.58. The molecule has 0 fully saturated rings. The molecule has 0 aliphatic carbocycles. The summed E-state index contributed by atoms with van der Waals surface area (Å²) >= 11 is 0. The maximum atomic E-state index is 5.33. The minimum atomic E-state index is 0.717. The highest BCUT2D eigenvalue weighted by Crippen LogP contribution is 2.01. The molecule has 12 heavy (non-hydrogen) atoms. The van der Waals surface area contributed by atoms with E-state index < -0.39 is 0 Å². The Hall–Kier alpha value is -0.0800. The zero-order valence-electron chi connectivity index (χ0n) is 8.47. The third kappa shape index (κ3) is 9.92. The molecule has 0 atom stereocenters. The quantitative estimate of drug-likeness (QED) is 0.500. The summed E-state index contributed by atoms with van der Waals surface area (Å²) in [7, 11) is 1.70. The van der Waals surface area contributed by atoms with Crippen molar-refractivity contribution in [3.05, 3.63) is 0 Å². The molecule has 0 aromatic carbocycles. The Balaban J connectivity index is 2.73. The van der Waals surface area contributed by atoms with Gasteiger partial charge in [-0.2, -0.15) is 0 Å².